The van der Waals surface area contributed by atoms with Crippen LogP contribution in [0.1, 0.15) is 47.1 Å². The van der Waals surface area contributed by atoms with Gasteiger partial charge in [-0.15, -0.1) is 0 Å². The summed E-state index contributed by atoms with van der Waals surface area (Å²) in [7, 11) is 2.05. The maximum absolute atomic E-state index is 4.47. The molecule has 19 heavy (non-hydrogen) atoms. The van der Waals surface area contributed by atoms with Gasteiger partial charge in [-0.25, -0.2) is 9.97 Å². The highest BCUT2D eigenvalue weighted by atomic mass is 15.3. The summed E-state index contributed by atoms with van der Waals surface area (Å²) in [6.45, 7) is 14.0. The lowest BCUT2D eigenvalue weighted by atomic mass is 9.87. The van der Waals surface area contributed by atoms with Gasteiger partial charge in [-0.05, 0) is 12.3 Å². The van der Waals surface area contributed by atoms with Gasteiger partial charge in [0.15, 0.2) is 0 Å². The molecule has 1 heterocycles. The second kappa shape index (κ2) is 6.33. The molecule has 0 aliphatic carbocycles. The maximum Gasteiger partial charge on any atom is 0.225 e. The van der Waals surface area contributed by atoms with Crippen LogP contribution in [0.2, 0.25) is 0 Å². The number of hydrogen-bond acceptors (Lipinski definition) is 4. The summed E-state index contributed by atoms with van der Waals surface area (Å²) in [5, 5.41) is 3.36. The van der Waals surface area contributed by atoms with Crippen molar-refractivity contribution in [3.05, 3.63) is 18.0 Å². The van der Waals surface area contributed by atoms with Crippen molar-refractivity contribution in [2.45, 2.75) is 60.2 Å². The maximum atomic E-state index is 4.47. The van der Waals surface area contributed by atoms with E-state index in [0.717, 1.165) is 18.1 Å². The highest BCUT2D eigenvalue weighted by Crippen LogP contribution is 2.25. The van der Waals surface area contributed by atoms with E-state index in [-0.39, 0.29) is 5.41 Å². The molecule has 0 fully saturated rings. The molecule has 4 nitrogen and oxygen atoms in total. The second-order valence-corrected chi connectivity index (χ2v) is 6.58. The quantitative estimate of drug-likeness (QED) is 0.888. The van der Waals surface area contributed by atoms with E-state index in [1.807, 2.05) is 12.4 Å². The van der Waals surface area contributed by atoms with Crippen LogP contribution in [0.4, 0.5) is 5.95 Å². The molecule has 0 bridgehead atoms. The van der Waals surface area contributed by atoms with Crippen molar-refractivity contribution in [1.82, 2.24) is 15.3 Å². The van der Waals surface area contributed by atoms with Gasteiger partial charge in [-0.2, -0.15) is 0 Å². The number of hydrogen-bond donors (Lipinski definition) is 1. The zero-order chi connectivity index (χ0) is 14.6. The standard InChI is InChI=1S/C15H28N4/c1-11(2)16-8-13-9-17-14(18-10-13)19(7)12(3)15(4,5)6/h9-12,16H,8H2,1-7H3. The fourth-order valence-corrected chi connectivity index (χ4v) is 1.70. The Hall–Kier alpha value is -1.16. The van der Waals surface area contributed by atoms with Crippen molar-refractivity contribution < 1.29 is 0 Å². The second-order valence-electron chi connectivity index (χ2n) is 6.58. The first kappa shape index (κ1) is 15.9. The molecule has 0 aromatic carbocycles. The molecule has 0 saturated carbocycles. The van der Waals surface area contributed by atoms with Crippen LogP contribution in [-0.4, -0.2) is 29.1 Å². The van der Waals surface area contributed by atoms with Crippen LogP contribution < -0.4 is 10.2 Å². The van der Waals surface area contributed by atoms with Crippen LogP contribution in [0.3, 0.4) is 0 Å². The number of nitrogens with zero attached hydrogens (tertiary/aromatic N) is 3. The molecule has 0 spiro atoms. The first-order valence-electron chi connectivity index (χ1n) is 6.99. The van der Waals surface area contributed by atoms with E-state index in [1.54, 1.807) is 0 Å². The Bertz CT molecular complexity index is 378. The van der Waals surface area contributed by atoms with Gasteiger partial charge in [-0.3, -0.25) is 0 Å². The summed E-state index contributed by atoms with van der Waals surface area (Å²) in [5.41, 5.74) is 1.32. The Kier molecular flexibility index (Phi) is 5.29. The molecule has 0 aliphatic heterocycles. The van der Waals surface area contributed by atoms with E-state index in [4.69, 9.17) is 0 Å². The van der Waals surface area contributed by atoms with Crippen molar-refractivity contribution in [3.8, 4) is 0 Å². The van der Waals surface area contributed by atoms with Gasteiger partial charge in [0.25, 0.3) is 0 Å². The largest absolute Gasteiger partial charge is 0.341 e. The van der Waals surface area contributed by atoms with Gasteiger partial charge in [-0.1, -0.05) is 34.6 Å². The molecular weight excluding hydrogens is 236 g/mol. The highest BCUT2D eigenvalue weighted by Gasteiger charge is 2.25. The summed E-state index contributed by atoms with van der Waals surface area (Å²) in [4.78, 5) is 11.1. The fraction of sp³-hybridized carbons (Fsp3) is 0.733. The minimum atomic E-state index is 0.204. The number of rotatable bonds is 5. The third-order valence-corrected chi connectivity index (χ3v) is 3.56. The smallest absolute Gasteiger partial charge is 0.225 e. The highest BCUT2D eigenvalue weighted by molar-refractivity contribution is 5.30. The summed E-state index contributed by atoms with van der Waals surface area (Å²) < 4.78 is 0. The summed E-state index contributed by atoms with van der Waals surface area (Å²) >= 11 is 0. The summed E-state index contributed by atoms with van der Waals surface area (Å²) in [5.74, 6) is 0.788. The first-order chi connectivity index (χ1) is 8.71. The number of anilines is 1. The average molecular weight is 264 g/mol. The molecule has 1 rings (SSSR count). The Balaban J connectivity index is 2.70. The van der Waals surface area contributed by atoms with Crippen LogP contribution in [0, 0.1) is 5.41 Å². The van der Waals surface area contributed by atoms with E-state index in [1.165, 1.54) is 0 Å². The zero-order valence-corrected chi connectivity index (χ0v) is 13.4. The predicted molar refractivity (Wildman–Crippen MR) is 81.3 cm³/mol. The third-order valence-electron chi connectivity index (χ3n) is 3.56. The van der Waals surface area contributed by atoms with Crippen LogP contribution in [0.5, 0.6) is 0 Å². The van der Waals surface area contributed by atoms with Crippen LogP contribution in [0.25, 0.3) is 0 Å². The van der Waals surface area contributed by atoms with Crippen molar-refractivity contribution in [3.63, 3.8) is 0 Å². The molecule has 1 unspecified atom stereocenters. The third kappa shape index (κ3) is 4.78. The van der Waals surface area contributed by atoms with Gasteiger partial charge < -0.3 is 10.2 Å². The Morgan fingerprint density at radius 1 is 1.16 bits per heavy atom. The average Bonchev–Trinajstić information content (AvgIpc) is 2.34. The Labute approximate surface area is 117 Å². The van der Waals surface area contributed by atoms with Crippen molar-refractivity contribution in [2.75, 3.05) is 11.9 Å². The molecular formula is C15H28N4. The van der Waals surface area contributed by atoms with Crippen LogP contribution in [0.15, 0.2) is 12.4 Å². The molecule has 0 radical (unpaired) electrons. The zero-order valence-electron chi connectivity index (χ0n) is 13.4. The van der Waals surface area contributed by atoms with E-state index in [2.05, 4.69) is 68.8 Å². The van der Waals surface area contributed by atoms with Crippen LogP contribution >= 0.6 is 0 Å². The van der Waals surface area contributed by atoms with Gasteiger partial charge in [0.1, 0.15) is 0 Å². The molecule has 1 aromatic heterocycles. The lowest BCUT2D eigenvalue weighted by Gasteiger charge is -2.35. The minimum Gasteiger partial charge on any atom is -0.341 e. The molecule has 1 aromatic rings. The Morgan fingerprint density at radius 3 is 2.11 bits per heavy atom. The normalized spacial score (nSPS) is 13.7. The number of aromatic nitrogens is 2. The van der Waals surface area contributed by atoms with Crippen molar-refractivity contribution >= 4 is 5.95 Å². The predicted octanol–water partition coefficient (Wildman–Crippen LogP) is 2.85. The molecule has 1 N–H and O–H groups in total. The topological polar surface area (TPSA) is 41.1 Å². The summed E-state index contributed by atoms with van der Waals surface area (Å²) in [6.07, 6.45) is 3.81. The van der Waals surface area contributed by atoms with E-state index in [0.29, 0.717) is 12.1 Å². The summed E-state index contributed by atoms with van der Waals surface area (Å²) in [6, 6.07) is 0.857. The molecule has 0 saturated heterocycles. The van der Waals surface area contributed by atoms with E-state index >= 15 is 0 Å². The minimum absolute atomic E-state index is 0.204. The lowest BCUT2D eigenvalue weighted by molar-refractivity contribution is 0.327. The Morgan fingerprint density at radius 2 is 1.68 bits per heavy atom. The molecule has 4 heteroatoms. The molecule has 108 valence electrons. The monoisotopic (exact) mass is 264 g/mol. The van der Waals surface area contributed by atoms with Gasteiger partial charge in [0.2, 0.25) is 5.95 Å². The SMILES string of the molecule is CC(C)NCc1cnc(N(C)C(C)C(C)(C)C)nc1. The van der Waals surface area contributed by atoms with Gasteiger partial charge in [0.05, 0.1) is 0 Å². The lowest BCUT2D eigenvalue weighted by Crippen LogP contribution is -2.40. The van der Waals surface area contributed by atoms with Gasteiger partial charge >= 0.3 is 0 Å². The van der Waals surface area contributed by atoms with E-state index < -0.39 is 0 Å². The molecule has 1 atom stereocenters. The number of nitrogens with one attached hydrogen (secondary N) is 1. The fourth-order valence-electron chi connectivity index (χ4n) is 1.70. The van der Waals surface area contributed by atoms with Crippen molar-refractivity contribution in [2.24, 2.45) is 5.41 Å². The first-order valence-corrected chi connectivity index (χ1v) is 6.99. The van der Waals surface area contributed by atoms with Crippen LogP contribution in [-0.2, 0) is 6.54 Å². The molecule has 0 amide bonds. The van der Waals surface area contributed by atoms with Crippen molar-refractivity contribution in [1.29, 1.82) is 0 Å². The van der Waals surface area contributed by atoms with Gasteiger partial charge in [0, 0.05) is 43.6 Å². The molecule has 0 aliphatic rings. The van der Waals surface area contributed by atoms with E-state index in [9.17, 15) is 0 Å².